The number of sulfonamides is 1. The summed E-state index contributed by atoms with van der Waals surface area (Å²) in [5.74, 6) is 1.26. The SMILES string of the molecule is CC(C)c1ccc(N(CC(=O)NCCSCc2c(Cl)cccc2Cl)S(C)(=O)=O)cc1. The van der Waals surface area contributed by atoms with E-state index in [2.05, 4.69) is 19.2 Å². The van der Waals surface area contributed by atoms with E-state index in [4.69, 9.17) is 23.2 Å². The van der Waals surface area contributed by atoms with E-state index in [1.807, 2.05) is 12.1 Å². The number of hydrogen-bond acceptors (Lipinski definition) is 4. The van der Waals surface area contributed by atoms with Gasteiger partial charge in [-0.15, -0.1) is 0 Å². The van der Waals surface area contributed by atoms with Gasteiger partial charge in [0.05, 0.1) is 11.9 Å². The highest BCUT2D eigenvalue weighted by molar-refractivity contribution is 7.98. The lowest BCUT2D eigenvalue weighted by molar-refractivity contribution is -0.119. The van der Waals surface area contributed by atoms with E-state index in [-0.39, 0.29) is 12.5 Å². The highest BCUT2D eigenvalue weighted by Gasteiger charge is 2.20. The summed E-state index contributed by atoms with van der Waals surface area (Å²) in [6, 6.07) is 12.6. The second-order valence-corrected chi connectivity index (χ2v) is 10.9. The van der Waals surface area contributed by atoms with Gasteiger partial charge in [0.1, 0.15) is 6.54 Å². The molecule has 0 unspecified atom stereocenters. The zero-order valence-electron chi connectivity index (χ0n) is 17.2. The van der Waals surface area contributed by atoms with E-state index in [0.717, 1.165) is 21.7 Å². The number of nitrogens with one attached hydrogen (secondary N) is 1. The van der Waals surface area contributed by atoms with Gasteiger partial charge in [0.2, 0.25) is 15.9 Å². The van der Waals surface area contributed by atoms with Crippen molar-refractivity contribution in [3.8, 4) is 0 Å². The monoisotopic (exact) mass is 488 g/mol. The average molecular weight is 489 g/mol. The molecule has 0 heterocycles. The Bertz CT molecular complexity index is 944. The van der Waals surface area contributed by atoms with Crippen molar-refractivity contribution in [1.29, 1.82) is 0 Å². The minimum Gasteiger partial charge on any atom is -0.354 e. The number of amides is 1. The Kier molecular flexibility index (Phi) is 9.34. The van der Waals surface area contributed by atoms with Gasteiger partial charge in [0, 0.05) is 28.1 Å². The Balaban J connectivity index is 1.87. The zero-order chi connectivity index (χ0) is 22.3. The molecule has 0 aliphatic heterocycles. The lowest BCUT2D eigenvalue weighted by Crippen LogP contribution is -2.41. The van der Waals surface area contributed by atoms with E-state index < -0.39 is 10.0 Å². The van der Waals surface area contributed by atoms with E-state index in [1.54, 1.807) is 42.1 Å². The molecule has 5 nitrogen and oxygen atoms in total. The van der Waals surface area contributed by atoms with Gasteiger partial charge in [0.25, 0.3) is 0 Å². The quantitative estimate of drug-likeness (QED) is 0.481. The van der Waals surface area contributed by atoms with Crippen LogP contribution < -0.4 is 9.62 Å². The van der Waals surface area contributed by atoms with E-state index in [9.17, 15) is 13.2 Å². The van der Waals surface area contributed by atoms with Crippen molar-refractivity contribution in [1.82, 2.24) is 5.32 Å². The Hall–Kier alpha value is -1.41. The molecule has 0 aliphatic carbocycles. The van der Waals surface area contributed by atoms with Crippen molar-refractivity contribution in [3.05, 3.63) is 63.6 Å². The molecule has 0 spiro atoms. The highest BCUT2D eigenvalue weighted by Crippen LogP contribution is 2.28. The first-order chi connectivity index (χ1) is 14.1. The molecule has 0 atom stereocenters. The fraction of sp³-hybridized carbons (Fsp3) is 0.381. The number of carbonyl (C=O) groups is 1. The number of rotatable bonds is 10. The van der Waals surface area contributed by atoms with E-state index in [0.29, 0.717) is 39.7 Å². The van der Waals surface area contributed by atoms with Crippen LogP contribution in [-0.4, -0.2) is 39.4 Å². The summed E-state index contributed by atoms with van der Waals surface area (Å²) >= 11 is 13.9. The summed E-state index contributed by atoms with van der Waals surface area (Å²) < 4.78 is 25.5. The standard InChI is InChI=1S/C21H26Cl2N2O3S2/c1-15(2)16-7-9-17(10-8-16)25(30(3,27)28)13-21(26)24-11-12-29-14-18-19(22)5-4-6-20(18)23/h4-10,15H,11-14H2,1-3H3,(H,24,26). The predicted molar refractivity (Wildman–Crippen MR) is 128 cm³/mol. The molecule has 0 saturated carbocycles. The summed E-state index contributed by atoms with van der Waals surface area (Å²) in [4.78, 5) is 12.3. The minimum atomic E-state index is -3.59. The van der Waals surface area contributed by atoms with Gasteiger partial charge >= 0.3 is 0 Å². The zero-order valence-corrected chi connectivity index (χ0v) is 20.3. The third-order valence-electron chi connectivity index (χ3n) is 4.41. The molecular formula is C21H26Cl2N2O3S2. The smallest absolute Gasteiger partial charge is 0.240 e. The van der Waals surface area contributed by atoms with E-state index >= 15 is 0 Å². The third kappa shape index (κ3) is 7.38. The lowest BCUT2D eigenvalue weighted by Gasteiger charge is -2.22. The van der Waals surface area contributed by atoms with Crippen LogP contribution in [0, 0.1) is 0 Å². The molecule has 2 aromatic carbocycles. The van der Waals surface area contributed by atoms with Crippen LogP contribution in [0.15, 0.2) is 42.5 Å². The molecular weight excluding hydrogens is 463 g/mol. The molecule has 164 valence electrons. The maximum atomic E-state index is 12.3. The van der Waals surface area contributed by atoms with Gasteiger partial charge in [-0.1, -0.05) is 55.2 Å². The van der Waals surface area contributed by atoms with Crippen molar-refractivity contribution in [2.45, 2.75) is 25.5 Å². The van der Waals surface area contributed by atoms with Gasteiger partial charge in [-0.25, -0.2) is 8.42 Å². The fourth-order valence-corrected chi connectivity index (χ4v) is 5.17. The van der Waals surface area contributed by atoms with Crippen molar-refractivity contribution in [3.63, 3.8) is 0 Å². The first-order valence-corrected chi connectivity index (χ1v) is 13.2. The first-order valence-electron chi connectivity index (χ1n) is 9.44. The normalized spacial score (nSPS) is 11.5. The largest absolute Gasteiger partial charge is 0.354 e. The van der Waals surface area contributed by atoms with Crippen LogP contribution in [-0.2, 0) is 20.6 Å². The Labute approximate surface area is 193 Å². The molecule has 0 bridgehead atoms. The minimum absolute atomic E-state index is 0.263. The van der Waals surface area contributed by atoms with Gasteiger partial charge in [0.15, 0.2) is 0 Å². The molecule has 9 heteroatoms. The molecule has 0 fully saturated rings. The van der Waals surface area contributed by atoms with Gasteiger partial charge in [-0.3, -0.25) is 9.10 Å². The van der Waals surface area contributed by atoms with Crippen molar-refractivity contribution in [2.24, 2.45) is 0 Å². The summed E-state index contributed by atoms with van der Waals surface area (Å²) in [5.41, 5.74) is 2.44. The van der Waals surface area contributed by atoms with Gasteiger partial charge in [-0.05, 0) is 41.3 Å². The third-order valence-corrected chi connectivity index (χ3v) is 7.25. The summed E-state index contributed by atoms with van der Waals surface area (Å²) in [6.45, 7) is 4.28. The maximum absolute atomic E-state index is 12.3. The molecule has 1 amide bonds. The van der Waals surface area contributed by atoms with Gasteiger partial charge in [-0.2, -0.15) is 11.8 Å². The average Bonchev–Trinajstić information content (AvgIpc) is 2.67. The second kappa shape index (κ2) is 11.3. The van der Waals surface area contributed by atoms with Crippen LogP contribution in [0.25, 0.3) is 0 Å². The van der Waals surface area contributed by atoms with Crippen molar-refractivity contribution >= 4 is 56.6 Å². The lowest BCUT2D eigenvalue weighted by atomic mass is 10.0. The van der Waals surface area contributed by atoms with Crippen LogP contribution in [0.3, 0.4) is 0 Å². The number of hydrogen-bond donors (Lipinski definition) is 1. The number of halogens is 2. The summed E-state index contributed by atoms with van der Waals surface area (Å²) in [7, 11) is -3.59. The number of anilines is 1. The molecule has 0 radical (unpaired) electrons. The highest BCUT2D eigenvalue weighted by atomic mass is 35.5. The van der Waals surface area contributed by atoms with Crippen LogP contribution in [0.1, 0.15) is 30.9 Å². The molecule has 0 aliphatic rings. The second-order valence-electron chi connectivity index (χ2n) is 7.12. The first kappa shape index (κ1) is 24.9. The molecule has 1 N–H and O–H groups in total. The van der Waals surface area contributed by atoms with Crippen LogP contribution in [0.4, 0.5) is 5.69 Å². The van der Waals surface area contributed by atoms with E-state index in [1.165, 1.54) is 0 Å². The Morgan fingerprint density at radius 3 is 2.23 bits per heavy atom. The van der Waals surface area contributed by atoms with Crippen LogP contribution in [0.2, 0.25) is 10.0 Å². The molecule has 30 heavy (non-hydrogen) atoms. The molecule has 2 aromatic rings. The molecule has 0 aromatic heterocycles. The number of thioether (sulfide) groups is 1. The Morgan fingerprint density at radius 2 is 1.70 bits per heavy atom. The van der Waals surface area contributed by atoms with Crippen LogP contribution >= 0.6 is 35.0 Å². The van der Waals surface area contributed by atoms with Gasteiger partial charge < -0.3 is 5.32 Å². The summed E-state index contributed by atoms with van der Waals surface area (Å²) in [5, 5.41) is 4.00. The number of benzene rings is 2. The maximum Gasteiger partial charge on any atom is 0.240 e. The number of carbonyl (C=O) groups excluding carboxylic acids is 1. The van der Waals surface area contributed by atoms with Crippen LogP contribution in [0.5, 0.6) is 0 Å². The summed E-state index contributed by atoms with van der Waals surface area (Å²) in [6.07, 6.45) is 1.10. The van der Waals surface area contributed by atoms with Crippen molar-refractivity contribution in [2.75, 3.05) is 29.4 Å². The van der Waals surface area contributed by atoms with Crippen molar-refractivity contribution < 1.29 is 13.2 Å². The predicted octanol–water partition coefficient (Wildman–Crippen LogP) is 4.93. The fourth-order valence-electron chi connectivity index (χ4n) is 2.72. The Morgan fingerprint density at radius 1 is 1.10 bits per heavy atom. The number of nitrogens with zero attached hydrogens (tertiary/aromatic N) is 1. The topological polar surface area (TPSA) is 66.5 Å². The molecule has 0 saturated heterocycles. The molecule has 2 rings (SSSR count).